The van der Waals surface area contributed by atoms with E-state index in [0.717, 1.165) is 11.3 Å². The molecular formula is C17H13N5O3S. The third-order valence-corrected chi connectivity index (χ3v) is 4.24. The van der Waals surface area contributed by atoms with E-state index in [1.807, 2.05) is 17.5 Å². The van der Waals surface area contributed by atoms with Gasteiger partial charge in [0.05, 0.1) is 12.0 Å². The first-order chi connectivity index (χ1) is 12.8. The number of pyridine rings is 1. The summed E-state index contributed by atoms with van der Waals surface area (Å²) < 4.78 is 10.3. The predicted octanol–water partition coefficient (Wildman–Crippen LogP) is 3.42. The quantitative estimate of drug-likeness (QED) is 0.556. The Hall–Kier alpha value is -3.33. The number of amides is 1. The second-order valence-electron chi connectivity index (χ2n) is 5.32. The normalized spacial score (nSPS) is 10.8. The fourth-order valence-corrected chi connectivity index (χ4v) is 2.98. The molecule has 130 valence electrons. The molecule has 0 aliphatic rings. The van der Waals surface area contributed by atoms with Crippen LogP contribution in [0.2, 0.25) is 0 Å². The highest BCUT2D eigenvalue weighted by molar-refractivity contribution is 7.14. The molecule has 1 amide bonds. The van der Waals surface area contributed by atoms with E-state index in [0.29, 0.717) is 29.0 Å². The second-order valence-corrected chi connectivity index (χ2v) is 6.17. The Morgan fingerprint density at radius 2 is 2.19 bits per heavy atom. The van der Waals surface area contributed by atoms with E-state index in [1.165, 1.54) is 17.6 Å². The van der Waals surface area contributed by atoms with Crippen molar-refractivity contribution >= 4 is 22.4 Å². The molecule has 4 aromatic rings. The average Bonchev–Trinajstić information content (AvgIpc) is 3.41. The molecular weight excluding hydrogens is 354 g/mol. The molecule has 0 spiro atoms. The van der Waals surface area contributed by atoms with Crippen LogP contribution in [-0.2, 0) is 11.2 Å². The summed E-state index contributed by atoms with van der Waals surface area (Å²) in [6.07, 6.45) is 5.51. The minimum Gasteiger partial charge on any atom is -0.461 e. The zero-order valence-electron chi connectivity index (χ0n) is 13.5. The van der Waals surface area contributed by atoms with Crippen molar-refractivity contribution in [3.05, 3.63) is 54.2 Å². The van der Waals surface area contributed by atoms with Gasteiger partial charge in [0.1, 0.15) is 0 Å². The molecule has 0 saturated carbocycles. The number of thiazole rings is 1. The van der Waals surface area contributed by atoms with E-state index in [-0.39, 0.29) is 12.3 Å². The molecule has 4 aromatic heterocycles. The Labute approximate surface area is 151 Å². The summed E-state index contributed by atoms with van der Waals surface area (Å²) in [6, 6.07) is 7.24. The number of nitrogens with one attached hydrogen (secondary N) is 1. The van der Waals surface area contributed by atoms with Gasteiger partial charge in [-0.1, -0.05) is 5.16 Å². The number of carbonyl (C=O) groups is 1. The van der Waals surface area contributed by atoms with Crippen LogP contribution in [0, 0.1) is 0 Å². The molecule has 0 aliphatic heterocycles. The smallest absolute Gasteiger partial charge is 0.238 e. The molecule has 0 saturated heterocycles. The molecule has 4 heterocycles. The maximum atomic E-state index is 12.1. The van der Waals surface area contributed by atoms with Gasteiger partial charge in [0, 0.05) is 36.2 Å². The Kier molecular flexibility index (Phi) is 4.52. The van der Waals surface area contributed by atoms with E-state index < -0.39 is 0 Å². The minimum absolute atomic E-state index is 0.171. The summed E-state index contributed by atoms with van der Waals surface area (Å²) in [5.74, 6) is 1.10. The van der Waals surface area contributed by atoms with Crippen LogP contribution in [0.1, 0.15) is 12.3 Å². The molecule has 0 bridgehead atoms. The predicted molar refractivity (Wildman–Crippen MR) is 94.3 cm³/mol. The maximum Gasteiger partial charge on any atom is 0.238 e. The summed E-state index contributed by atoms with van der Waals surface area (Å²) in [5.41, 5.74) is 1.68. The van der Waals surface area contributed by atoms with E-state index in [1.54, 1.807) is 24.5 Å². The molecule has 26 heavy (non-hydrogen) atoms. The molecule has 4 rings (SSSR count). The molecule has 9 heteroatoms. The van der Waals surface area contributed by atoms with Crippen LogP contribution in [0.5, 0.6) is 0 Å². The van der Waals surface area contributed by atoms with Crippen LogP contribution in [0.15, 0.2) is 57.2 Å². The molecule has 0 aromatic carbocycles. The SMILES string of the molecule is O=C(CCc1nc(-c2ccco2)no1)Nc1nc(-c2cccnc2)cs1. The Balaban J connectivity index is 1.33. The zero-order valence-corrected chi connectivity index (χ0v) is 14.3. The first-order valence-corrected chi connectivity index (χ1v) is 8.68. The van der Waals surface area contributed by atoms with Crippen LogP contribution < -0.4 is 5.32 Å². The first kappa shape index (κ1) is 16.2. The van der Waals surface area contributed by atoms with Crippen molar-refractivity contribution in [2.75, 3.05) is 5.32 Å². The van der Waals surface area contributed by atoms with E-state index >= 15 is 0 Å². The summed E-state index contributed by atoms with van der Waals surface area (Å²) in [4.78, 5) is 24.8. The van der Waals surface area contributed by atoms with Crippen molar-refractivity contribution in [3.63, 3.8) is 0 Å². The third kappa shape index (κ3) is 3.67. The van der Waals surface area contributed by atoms with Gasteiger partial charge in [-0.25, -0.2) is 4.98 Å². The van der Waals surface area contributed by atoms with Crippen molar-refractivity contribution in [1.29, 1.82) is 0 Å². The standard InChI is InChI=1S/C17H13N5O3S/c23-14(5-6-15-21-16(22-25-15)13-4-2-8-24-13)20-17-19-12(10-26-17)11-3-1-7-18-9-11/h1-4,7-10H,5-6H2,(H,19,20,23). The number of hydrogen-bond acceptors (Lipinski definition) is 8. The van der Waals surface area contributed by atoms with Crippen molar-refractivity contribution in [3.8, 4) is 22.8 Å². The number of rotatable bonds is 6. The van der Waals surface area contributed by atoms with Crippen molar-refractivity contribution in [2.45, 2.75) is 12.8 Å². The number of anilines is 1. The van der Waals surface area contributed by atoms with Gasteiger partial charge in [-0.15, -0.1) is 11.3 Å². The number of nitrogens with zero attached hydrogens (tertiary/aromatic N) is 4. The average molecular weight is 367 g/mol. The highest BCUT2D eigenvalue weighted by atomic mass is 32.1. The number of aromatic nitrogens is 4. The third-order valence-electron chi connectivity index (χ3n) is 3.48. The lowest BCUT2D eigenvalue weighted by molar-refractivity contribution is -0.116. The minimum atomic E-state index is -0.171. The van der Waals surface area contributed by atoms with E-state index in [9.17, 15) is 4.79 Å². The number of carbonyl (C=O) groups excluding carboxylic acids is 1. The molecule has 8 nitrogen and oxygen atoms in total. The van der Waals surface area contributed by atoms with Gasteiger partial charge in [-0.2, -0.15) is 4.98 Å². The van der Waals surface area contributed by atoms with Gasteiger partial charge in [-0.05, 0) is 24.3 Å². The van der Waals surface area contributed by atoms with Gasteiger partial charge in [0.2, 0.25) is 17.6 Å². The van der Waals surface area contributed by atoms with Crippen LogP contribution in [0.25, 0.3) is 22.8 Å². The lowest BCUT2D eigenvalue weighted by atomic mass is 10.2. The second kappa shape index (κ2) is 7.28. The Bertz CT molecular complexity index is 995. The van der Waals surface area contributed by atoms with Crippen molar-refractivity contribution < 1.29 is 13.7 Å². The number of hydrogen-bond donors (Lipinski definition) is 1. The summed E-state index contributed by atoms with van der Waals surface area (Å²) in [5, 5.41) is 9.02. The molecule has 0 aliphatic carbocycles. The molecule has 0 fully saturated rings. The maximum absolute atomic E-state index is 12.1. The zero-order chi connectivity index (χ0) is 17.8. The summed E-state index contributed by atoms with van der Waals surface area (Å²) in [7, 11) is 0. The Morgan fingerprint density at radius 3 is 3.00 bits per heavy atom. The van der Waals surface area contributed by atoms with Gasteiger partial charge in [0.15, 0.2) is 10.9 Å². The van der Waals surface area contributed by atoms with Crippen LogP contribution in [0.3, 0.4) is 0 Å². The molecule has 1 N–H and O–H groups in total. The van der Waals surface area contributed by atoms with E-state index in [2.05, 4.69) is 25.4 Å². The lowest BCUT2D eigenvalue weighted by Gasteiger charge is -1.99. The van der Waals surface area contributed by atoms with Crippen LogP contribution in [0.4, 0.5) is 5.13 Å². The van der Waals surface area contributed by atoms with Gasteiger partial charge < -0.3 is 14.3 Å². The first-order valence-electron chi connectivity index (χ1n) is 7.80. The number of aryl methyl sites for hydroxylation is 1. The number of furan rings is 1. The van der Waals surface area contributed by atoms with Gasteiger partial charge in [-0.3, -0.25) is 9.78 Å². The lowest BCUT2D eigenvalue weighted by Crippen LogP contribution is -2.12. The molecule has 0 unspecified atom stereocenters. The van der Waals surface area contributed by atoms with Crippen LogP contribution >= 0.6 is 11.3 Å². The molecule has 0 radical (unpaired) electrons. The highest BCUT2D eigenvalue weighted by Crippen LogP contribution is 2.24. The van der Waals surface area contributed by atoms with E-state index in [4.69, 9.17) is 8.94 Å². The monoisotopic (exact) mass is 367 g/mol. The van der Waals surface area contributed by atoms with Crippen molar-refractivity contribution in [2.24, 2.45) is 0 Å². The largest absolute Gasteiger partial charge is 0.461 e. The molecule has 0 atom stereocenters. The van der Waals surface area contributed by atoms with Gasteiger partial charge in [0.25, 0.3) is 0 Å². The topological polar surface area (TPSA) is 107 Å². The van der Waals surface area contributed by atoms with Gasteiger partial charge >= 0.3 is 0 Å². The summed E-state index contributed by atoms with van der Waals surface area (Å²) >= 11 is 1.36. The Morgan fingerprint density at radius 1 is 1.23 bits per heavy atom. The summed E-state index contributed by atoms with van der Waals surface area (Å²) in [6.45, 7) is 0. The fourth-order valence-electron chi connectivity index (χ4n) is 2.24. The van der Waals surface area contributed by atoms with Crippen molar-refractivity contribution in [1.82, 2.24) is 20.1 Å². The highest BCUT2D eigenvalue weighted by Gasteiger charge is 2.13. The fraction of sp³-hybridized carbons (Fsp3) is 0.118. The van der Waals surface area contributed by atoms with Crippen LogP contribution in [-0.4, -0.2) is 26.0 Å².